The Morgan fingerprint density at radius 2 is 1.52 bits per heavy atom. The van der Waals surface area contributed by atoms with Crippen LogP contribution in [0.2, 0.25) is 0 Å². The van der Waals surface area contributed by atoms with E-state index < -0.39 is 5.91 Å². The maximum absolute atomic E-state index is 12.3. The highest BCUT2D eigenvalue weighted by Crippen LogP contribution is 2.22. The summed E-state index contributed by atoms with van der Waals surface area (Å²) in [6.45, 7) is 3.74. The quantitative estimate of drug-likeness (QED) is 0.753. The lowest BCUT2D eigenvalue weighted by Gasteiger charge is -2.11. The largest absolute Gasteiger partial charge is 0.398 e. The molecule has 0 saturated heterocycles. The lowest BCUT2D eigenvalue weighted by atomic mass is 10.1. The summed E-state index contributed by atoms with van der Waals surface area (Å²) in [5, 5.41) is 2.76. The third kappa shape index (κ3) is 3.02. The first-order valence-electron chi connectivity index (χ1n) is 6.47. The first-order chi connectivity index (χ1) is 9.90. The molecule has 0 radical (unpaired) electrons. The number of amides is 2. The van der Waals surface area contributed by atoms with Gasteiger partial charge in [-0.2, -0.15) is 0 Å². The first kappa shape index (κ1) is 14.6. The predicted octanol–water partition coefficient (Wildman–Crippen LogP) is 2.24. The summed E-state index contributed by atoms with van der Waals surface area (Å²) in [7, 11) is 0. The maximum atomic E-state index is 12.3. The zero-order valence-corrected chi connectivity index (χ0v) is 11.9. The molecule has 0 aliphatic carbocycles. The molecule has 0 bridgehead atoms. The van der Waals surface area contributed by atoms with E-state index >= 15 is 0 Å². The lowest BCUT2D eigenvalue weighted by Crippen LogP contribution is -2.20. The molecule has 108 valence electrons. The number of rotatable bonds is 3. The molecule has 0 spiro atoms. The average molecular weight is 283 g/mol. The van der Waals surface area contributed by atoms with E-state index in [1.54, 1.807) is 30.3 Å². The highest BCUT2D eigenvalue weighted by Gasteiger charge is 2.15. The second-order valence-electron chi connectivity index (χ2n) is 4.89. The molecule has 21 heavy (non-hydrogen) atoms. The second kappa shape index (κ2) is 5.66. The molecular formula is C16H17N3O2. The molecule has 5 nitrogen and oxygen atoms in total. The van der Waals surface area contributed by atoms with Crippen LogP contribution in [0.5, 0.6) is 0 Å². The topological polar surface area (TPSA) is 98.2 Å². The molecule has 2 aromatic rings. The van der Waals surface area contributed by atoms with E-state index in [2.05, 4.69) is 5.32 Å². The molecule has 0 aromatic heterocycles. The van der Waals surface area contributed by atoms with Crippen LogP contribution in [-0.2, 0) is 0 Å². The van der Waals surface area contributed by atoms with Crippen LogP contribution < -0.4 is 16.8 Å². The number of primary amides is 1. The summed E-state index contributed by atoms with van der Waals surface area (Å²) in [5.41, 5.74) is 14.7. The van der Waals surface area contributed by atoms with Crippen molar-refractivity contribution in [2.45, 2.75) is 13.8 Å². The second-order valence-corrected chi connectivity index (χ2v) is 4.89. The molecule has 0 saturated carbocycles. The Bertz CT molecular complexity index is 700. The molecule has 0 atom stereocenters. The van der Waals surface area contributed by atoms with E-state index in [0.29, 0.717) is 11.4 Å². The van der Waals surface area contributed by atoms with Crippen LogP contribution in [0.4, 0.5) is 11.4 Å². The van der Waals surface area contributed by atoms with Crippen LogP contribution in [-0.4, -0.2) is 11.8 Å². The van der Waals surface area contributed by atoms with Crippen LogP contribution >= 0.6 is 0 Å². The Hall–Kier alpha value is -2.82. The van der Waals surface area contributed by atoms with Gasteiger partial charge in [0.05, 0.1) is 11.1 Å². The van der Waals surface area contributed by atoms with Gasteiger partial charge in [0.15, 0.2) is 0 Å². The van der Waals surface area contributed by atoms with Gasteiger partial charge in [0.2, 0.25) is 5.91 Å². The van der Waals surface area contributed by atoms with Gasteiger partial charge < -0.3 is 16.8 Å². The van der Waals surface area contributed by atoms with Crippen LogP contribution in [0.3, 0.4) is 0 Å². The van der Waals surface area contributed by atoms with E-state index in [9.17, 15) is 9.59 Å². The molecular weight excluding hydrogens is 266 g/mol. The van der Waals surface area contributed by atoms with Gasteiger partial charge in [-0.25, -0.2) is 0 Å². The van der Waals surface area contributed by atoms with Crippen molar-refractivity contribution < 1.29 is 9.59 Å². The van der Waals surface area contributed by atoms with Crippen molar-refractivity contribution in [3.63, 3.8) is 0 Å². The van der Waals surface area contributed by atoms with Gasteiger partial charge >= 0.3 is 0 Å². The fourth-order valence-electron chi connectivity index (χ4n) is 2.14. The SMILES string of the molecule is Cc1cc(NC(=O)c2ccccc2C(N)=O)cc(C)c1N. The Kier molecular flexibility index (Phi) is 3.93. The first-order valence-corrected chi connectivity index (χ1v) is 6.47. The summed E-state index contributed by atoms with van der Waals surface area (Å²) < 4.78 is 0. The number of nitrogen functional groups attached to an aromatic ring is 1. The van der Waals surface area contributed by atoms with E-state index in [1.165, 1.54) is 6.07 Å². The molecule has 0 heterocycles. The molecule has 2 amide bonds. The van der Waals surface area contributed by atoms with E-state index in [1.807, 2.05) is 13.8 Å². The average Bonchev–Trinajstić information content (AvgIpc) is 2.44. The van der Waals surface area contributed by atoms with Crippen molar-refractivity contribution in [1.29, 1.82) is 0 Å². The molecule has 0 unspecified atom stereocenters. The van der Waals surface area contributed by atoms with Gasteiger partial charge in [-0.3, -0.25) is 9.59 Å². The molecule has 0 aliphatic heterocycles. The Morgan fingerprint density at radius 1 is 1.00 bits per heavy atom. The molecule has 2 aromatic carbocycles. The van der Waals surface area contributed by atoms with E-state index in [-0.39, 0.29) is 17.0 Å². The normalized spacial score (nSPS) is 10.2. The van der Waals surface area contributed by atoms with Crippen molar-refractivity contribution in [2.24, 2.45) is 5.73 Å². The molecule has 5 heteroatoms. The number of anilines is 2. The minimum atomic E-state index is -0.634. The number of hydrogen-bond donors (Lipinski definition) is 3. The number of benzene rings is 2. The summed E-state index contributed by atoms with van der Waals surface area (Å²) in [4.78, 5) is 23.7. The fraction of sp³-hybridized carbons (Fsp3) is 0.125. The van der Waals surface area contributed by atoms with Crippen molar-refractivity contribution in [3.05, 3.63) is 58.7 Å². The Balaban J connectivity index is 2.33. The third-order valence-corrected chi connectivity index (χ3v) is 3.29. The number of nitrogens with two attached hydrogens (primary N) is 2. The van der Waals surface area contributed by atoms with Crippen molar-refractivity contribution in [2.75, 3.05) is 11.1 Å². The van der Waals surface area contributed by atoms with E-state index in [4.69, 9.17) is 11.5 Å². The zero-order chi connectivity index (χ0) is 15.6. The number of aryl methyl sites for hydroxylation is 2. The van der Waals surface area contributed by atoms with E-state index in [0.717, 1.165) is 11.1 Å². The van der Waals surface area contributed by atoms with Gasteiger partial charge in [0.1, 0.15) is 0 Å². The van der Waals surface area contributed by atoms with Crippen LogP contribution in [0.25, 0.3) is 0 Å². The highest BCUT2D eigenvalue weighted by atomic mass is 16.2. The molecule has 5 N–H and O–H groups in total. The van der Waals surface area contributed by atoms with Crippen molar-refractivity contribution >= 4 is 23.2 Å². The van der Waals surface area contributed by atoms with Gasteiger partial charge in [0.25, 0.3) is 5.91 Å². The number of carbonyl (C=O) groups is 2. The summed E-state index contributed by atoms with van der Waals surface area (Å²) in [6.07, 6.45) is 0. The molecule has 0 aliphatic rings. The minimum Gasteiger partial charge on any atom is -0.398 e. The monoisotopic (exact) mass is 283 g/mol. The summed E-state index contributed by atoms with van der Waals surface area (Å²) in [6, 6.07) is 10.00. The van der Waals surface area contributed by atoms with Gasteiger partial charge in [0, 0.05) is 11.4 Å². The predicted molar refractivity (Wildman–Crippen MR) is 83.2 cm³/mol. The number of hydrogen-bond acceptors (Lipinski definition) is 3. The Labute approximate surface area is 123 Å². The molecule has 2 rings (SSSR count). The fourth-order valence-corrected chi connectivity index (χ4v) is 2.14. The summed E-state index contributed by atoms with van der Waals surface area (Å²) in [5.74, 6) is -1.02. The Morgan fingerprint density at radius 3 is 2.05 bits per heavy atom. The molecule has 0 fully saturated rings. The van der Waals surface area contributed by atoms with Crippen molar-refractivity contribution in [1.82, 2.24) is 0 Å². The highest BCUT2D eigenvalue weighted by molar-refractivity contribution is 6.11. The van der Waals surface area contributed by atoms with Crippen LogP contribution in [0, 0.1) is 13.8 Å². The van der Waals surface area contributed by atoms with Gasteiger partial charge in [-0.05, 0) is 49.2 Å². The smallest absolute Gasteiger partial charge is 0.256 e. The zero-order valence-electron chi connectivity index (χ0n) is 11.9. The van der Waals surface area contributed by atoms with Gasteiger partial charge in [-0.1, -0.05) is 12.1 Å². The number of carbonyl (C=O) groups excluding carboxylic acids is 2. The van der Waals surface area contributed by atoms with Crippen LogP contribution in [0.1, 0.15) is 31.8 Å². The van der Waals surface area contributed by atoms with Gasteiger partial charge in [-0.15, -0.1) is 0 Å². The lowest BCUT2D eigenvalue weighted by molar-refractivity contribution is 0.0977. The third-order valence-electron chi connectivity index (χ3n) is 3.29. The van der Waals surface area contributed by atoms with Crippen molar-refractivity contribution in [3.8, 4) is 0 Å². The standard InChI is InChI=1S/C16H17N3O2/c1-9-7-11(8-10(2)14(9)17)19-16(21)13-6-4-3-5-12(13)15(18)20/h3-8H,17H2,1-2H3,(H2,18,20)(H,19,21). The number of nitrogens with one attached hydrogen (secondary N) is 1. The maximum Gasteiger partial charge on any atom is 0.256 e. The minimum absolute atomic E-state index is 0.193. The summed E-state index contributed by atoms with van der Waals surface area (Å²) >= 11 is 0. The van der Waals surface area contributed by atoms with Crippen LogP contribution in [0.15, 0.2) is 36.4 Å².